The quantitative estimate of drug-likeness (QED) is 0.839. The molecule has 0 aliphatic carbocycles. The van der Waals surface area contributed by atoms with Crippen molar-refractivity contribution >= 4 is 11.4 Å². The maximum absolute atomic E-state index is 8.88. The minimum Gasteiger partial charge on any atom is -0.396 e. The van der Waals surface area contributed by atoms with E-state index in [1.165, 1.54) is 5.56 Å². The topological polar surface area (TPSA) is 32.3 Å². The lowest BCUT2D eigenvalue weighted by Gasteiger charge is -2.11. The number of benzene rings is 2. The van der Waals surface area contributed by atoms with E-state index >= 15 is 0 Å². The van der Waals surface area contributed by atoms with Gasteiger partial charge >= 0.3 is 0 Å². The van der Waals surface area contributed by atoms with Gasteiger partial charge in [0.25, 0.3) is 0 Å². The smallest absolute Gasteiger partial charge is 0.0471 e. The van der Waals surface area contributed by atoms with Gasteiger partial charge < -0.3 is 10.4 Å². The fourth-order valence-corrected chi connectivity index (χ4v) is 1.99. The predicted octanol–water partition coefficient (Wildman–Crippen LogP) is 3.53. The number of nitrogens with one attached hydrogen (secondary N) is 1. The first-order valence-corrected chi connectivity index (χ1v) is 6.38. The highest BCUT2D eigenvalue weighted by molar-refractivity contribution is 5.63. The fraction of sp³-hybridized carbons (Fsp3) is 0.250. The van der Waals surface area contributed by atoms with Gasteiger partial charge in [0.2, 0.25) is 0 Å². The van der Waals surface area contributed by atoms with Crippen molar-refractivity contribution in [3.63, 3.8) is 0 Å². The van der Waals surface area contributed by atoms with E-state index in [0.29, 0.717) is 6.42 Å². The predicted molar refractivity (Wildman–Crippen MR) is 76.3 cm³/mol. The highest BCUT2D eigenvalue weighted by atomic mass is 16.2. The molecule has 2 heteroatoms. The number of para-hydroxylation sites is 1. The molecule has 0 aliphatic rings. The maximum Gasteiger partial charge on any atom is 0.0471 e. The molecule has 18 heavy (non-hydrogen) atoms. The van der Waals surface area contributed by atoms with Gasteiger partial charge in [0, 0.05) is 18.0 Å². The highest BCUT2D eigenvalue weighted by Gasteiger charge is 2.00. The molecule has 0 saturated heterocycles. The molecular formula is C16H19NO. The van der Waals surface area contributed by atoms with Gasteiger partial charge in [0.1, 0.15) is 0 Å². The van der Waals surface area contributed by atoms with Crippen LogP contribution in [0, 0.1) is 0 Å². The molecule has 0 radical (unpaired) electrons. The Kier molecular flexibility index (Phi) is 4.37. The molecule has 0 saturated carbocycles. The van der Waals surface area contributed by atoms with Crippen molar-refractivity contribution in [1.29, 1.82) is 0 Å². The van der Waals surface area contributed by atoms with Crippen LogP contribution in [-0.4, -0.2) is 11.7 Å². The van der Waals surface area contributed by atoms with Crippen LogP contribution in [0.5, 0.6) is 0 Å². The van der Waals surface area contributed by atoms with E-state index in [9.17, 15) is 0 Å². The van der Waals surface area contributed by atoms with E-state index < -0.39 is 0 Å². The molecule has 0 unspecified atom stereocenters. The first kappa shape index (κ1) is 12.7. The molecule has 0 heterocycles. The standard InChI is InChI=1S/C16H19NO/c1-2-14-5-3-4-6-16(14)17-15-9-7-13(8-10-15)11-12-18/h3-10,17-18H,2,11-12H2,1H3. The molecule has 2 nitrogen and oxygen atoms in total. The molecule has 2 aromatic rings. The lowest BCUT2D eigenvalue weighted by Crippen LogP contribution is -1.96. The van der Waals surface area contributed by atoms with Crippen LogP contribution in [0.15, 0.2) is 48.5 Å². The molecule has 0 spiro atoms. The number of anilines is 2. The Morgan fingerprint density at radius 2 is 1.72 bits per heavy atom. The molecule has 94 valence electrons. The summed E-state index contributed by atoms with van der Waals surface area (Å²) in [6.07, 6.45) is 1.73. The van der Waals surface area contributed by atoms with Crippen LogP contribution in [-0.2, 0) is 12.8 Å². The minimum absolute atomic E-state index is 0.200. The molecule has 2 rings (SSSR count). The molecule has 0 aromatic heterocycles. The number of hydrogen-bond acceptors (Lipinski definition) is 2. The van der Waals surface area contributed by atoms with Crippen LogP contribution < -0.4 is 5.32 Å². The summed E-state index contributed by atoms with van der Waals surface area (Å²) in [5.74, 6) is 0. The summed E-state index contributed by atoms with van der Waals surface area (Å²) < 4.78 is 0. The maximum atomic E-state index is 8.88. The van der Waals surface area contributed by atoms with Crippen molar-refractivity contribution in [2.75, 3.05) is 11.9 Å². The molecule has 2 aromatic carbocycles. The van der Waals surface area contributed by atoms with E-state index in [0.717, 1.165) is 23.4 Å². The van der Waals surface area contributed by atoms with Crippen molar-refractivity contribution in [3.8, 4) is 0 Å². The first-order valence-electron chi connectivity index (χ1n) is 6.38. The second-order valence-electron chi connectivity index (χ2n) is 4.31. The second kappa shape index (κ2) is 6.22. The third-order valence-electron chi connectivity index (χ3n) is 3.03. The Morgan fingerprint density at radius 3 is 2.39 bits per heavy atom. The average molecular weight is 241 g/mol. The number of aliphatic hydroxyl groups excluding tert-OH is 1. The van der Waals surface area contributed by atoms with Gasteiger partial charge in [-0.25, -0.2) is 0 Å². The minimum atomic E-state index is 0.200. The van der Waals surface area contributed by atoms with Crippen LogP contribution in [0.4, 0.5) is 11.4 Å². The van der Waals surface area contributed by atoms with Crippen LogP contribution in [0.3, 0.4) is 0 Å². The third kappa shape index (κ3) is 3.11. The van der Waals surface area contributed by atoms with E-state index in [1.807, 2.05) is 18.2 Å². The number of hydrogen-bond donors (Lipinski definition) is 2. The van der Waals surface area contributed by atoms with E-state index in [1.54, 1.807) is 0 Å². The summed E-state index contributed by atoms with van der Waals surface area (Å²) in [6.45, 7) is 2.36. The average Bonchev–Trinajstić information content (AvgIpc) is 2.42. The monoisotopic (exact) mass is 241 g/mol. The molecule has 0 fully saturated rings. The van der Waals surface area contributed by atoms with Crippen molar-refractivity contribution in [3.05, 3.63) is 59.7 Å². The second-order valence-corrected chi connectivity index (χ2v) is 4.31. The fourth-order valence-electron chi connectivity index (χ4n) is 1.99. The van der Waals surface area contributed by atoms with Gasteiger partial charge in [-0.05, 0) is 42.2 Å². The summed E-state index contributed by atoms with van der Waals surface area (Å²) in [5.41, 5.74) is 4.72. The molecule has 0 bridgehead atoms. The molecular weight excluding hydrogens is 222 g/mol. The van der Waals surface area contributed by atoms with Crippen molar-refractivity contribution in [2.24, 2.45) is 0 Å². The van der Waals surface area contributed by atoms with Gasteiger partial charge in [-0.15, -0.1) is 0 Å². The zero-order valence-electron chi connectivity index (χ0n) is 10.7. The zero-order valence-corrected chi connectivity index (χ0v) is 10.7. The van der Waals surface area contributed by atoms with Crippen LogP contribution in [0.2, 0.25) is 0 Å². The van der Waals surface area contributed by atoms with Crippen molar-refractivity contribution in [1.82, 2.24) is 0 Å². The molecule has 2 N–H and O–H groups in total. The summed E-state index contributed by atoms with van der Waals surface area (Å²) in [7, 11) is 0. The summed E-state index contributed by atoms with van der Waals surface area (Å²) >= 11 is 0. The Morgan fingerprint density at radius 1 is 1.00 bits per heavy atom. The SMILES string of the molecule is CCc1ccccc1Nc1ccc(CCO)cc1. The van der Waals surface area contributed by atoms with Crippen molar-refractivity contribution in [2.45, 2.75) is 19.8 Å². The van der Waals surface area contributed by atoms with Crippen LogP contribution in [0.1, 0.15) is 18.1 Å². The van der Waals surface area contributed by atoms with Gasteiger partial charge in [-0.1, -0.05) is 37.3 Å². The van der Waals surface area contributed by atoms with Gasteiger partial charge in [-0.3, -0.25) is 0 Å². The Labute approximate surface area is 108 Å². The lowest BCUT2D eigenvalue weighted by atomic mass is 10.1. The third-order valence-corrected chi connectivity index (χ3v) is 3.03. The number of rotatable bonds is 5. The number of aliphatic hydroxyl groups is 1. The summed E-state index contributed by atoms with van der Waals surface area (Å²) in [6, 6.07) is 16.5. The first-order chi connectivity index (χ1) is 8.83. The van der Waals surface area contributed by atoms with Crippen molar-refractivity contribution < 1.29 is 5.11 Å². The van der Waals surface area contributed by atoms with Crippen LogP contribution >= 0.6 is 0 Å². The highest BCUT2D eigenvalue weighted by Crippen LogP contribution is 2.21. The van der Waals surface area contributed by atoms with E-state index in [4.69, 9.17) is 5.11 Å². The zero-order chi connectivity index (χ0) is 12.8. The molecule has 0 atom stereocenters. The Balaban J connectivity index is 2.13. The van der Waals surface area contributed by atoms with E-state index in [2.05, 4.69) is 42.6 Å². The summed E-state index contributed by atoms with van der Waals surface area (Å²) in [5, 5.41) is 12.3. The lowest BCUT2D eigenvalue weighted by molar-refractivity contribution is 0.299. The van der Waals surface area contributed by atoms with Gasteiger partial charge in [0.15, 0.2) is 0 Å². The largest absolute Gasteiger partial charge is 0.396 e. The molecule has 0 aliphatic heterocycles. The Bertz CT molecular complexity index is 491. The van der Waals surface area contributed by atoms with E-state index in [-0.39, 0.29) is 6.61 Å². The molecule has 0 amide bonds. The van der Waals surface area contributed by atoms with Gasteiger partial charge in [0.05, 0.1) is 0 Å². The Hall–Kier alpha value is -1.80. The number of aryl methyl sites for hydroxylation is 1. The summed E-state index contributed by atoms with van der Waals surface area (Å²) in [4.78, 5) is 0. The van der Waals surface area contributed by atoms with Gasteiger partial charge in [-0.2, -0.15) is 0 Å². The van der Waals surface area contributed by atoms with Crippen LogP contribution in [0.25, 0.3) is 0 Å². The normalized spacial score (nSPS) is 10.3.